The van der Waals surface area contributed by atoms with Crippen molar-refractivity contribution in [3.05, 3.63) is 0 Å². The maximum Gasteiger partial charge on any atom is 0.306 e. The minimum Gasteiger partial charge on any atom is -0.463 e. The summed E-state index contributed by atoms with van der Waals surface area (Å²) in [7, 11) is 0. The molecule has 0 amide bonds. The van der Waals surface area contributed by atoms with Gasteiger partial charge < -0.3 is 4.74 Å². The highest BCUT2D eigenvalue weighted by Crippen LogP contribution is 2.10. The molecule has 0 saturated heterocycles. The van der Waals surface area contributed by atoms with Crippen LogP contribution in [0.3, 0.4) is 0 Å². The number of hydrogen-bond donors (Lipinski definition) is 0. The minimum atomic E-state index is -0.0228. The summed E-state index contributed by atoms with van der Waals surface area (Å²) in [6, 6.07) is 0. The van der Waals surface area contributed by atoms with E-state index in [0.29, 0.717) is 6.42 Å². The first-order valence-corrected chi connectivity index (χ1v) is 7.40. The van der Waals surface area contributed by atoms with Gasteiger partial charge in [-0.3, -0.25) is 4.79 Å². The van der Waals surface area contributed by atoms with Gasteiger partial charge in [-0.25, -0.2) is 0 Å². The number of ether oxygens (including phenoxy) is 1. The van der Waals surface area contributed by atoms with Crippen LogP contribution in [0.2, 0.25) is 0 Å². The Morgan fingerprint density at radius 2 is 1.47 bits per heavy atom. The SMILES string of the molecule is CCCCCCCCCCC(=O)O[C@@H](C)CC. The highest BCUT2D eigenvalue weighted by atomic mass is 16.5. The van der Waals surface area contributed by atoms with E-state index >= 15 is 0 Å². The van der Waals surface area contributed by atoms with E-state index in [9.17, 15) is 4.79 Å². The molecule has 0 aliphatic heterocycles. The number of esters is 1. The van der Waals surface area contributed by atoms with Crippen LogP contribution in [0.15, 0.2) is 0 Å². The van der Waals surface area contributed by atoms with Crippen molar-refractivity contribution in [1.29, 1.82) is 0 Å². The predicted octanol–water partition coefficient (Wildman–Crippen LogP) is 4.86. The normalized spacial score (nSPS) is 12.4. The number of carbonyl (C=O) groups is 1. The van der Waals surface area contributed by atoms with Crippen molar-refractivity contribution < 1.29 is 9.53 Å². The molecule has 0 aliphatic rings. The van der Waals surface area contributed by atoms with Crippen LogP contribution >= 0.6 is 0 Å². The molecule has 1 atom stereocenters. The fourth-order valence-electron chi connectivity index (χ4n) is 1.77. The monoisotopic (exact) mass is 242 g/mol. The molecule has 102 valence electrons. The third-order valence-corrected chi connectivity index (χ3v) is 3.14. The summed E-state index contributed by atoms with van der Waals surface area (Å²) in [5.41, 5.74) is 0. The van der Waals surface area contributed by atoms with Crippen LogP contribution in [-0.4, -0.2) is 12.1 Å². The van der Waals surface area contributed by atoms with Crippen LogP contribution in [0, 0.1) is 0 Å². The van der Waals surface area contributed by atoms with Crippen molar-refractivity contribution in [2.24, 2.45) is 0 Å². The number of carbonyl (C=O) groups excluding carboxylic acids is 1. The van der Waals surface area contributed by atoms with E-state index < -0.39 is 0 Å². The minimum absolute atomic E-state index is 0.0228. The van der Waals surface area contributed by atoms with Crippen LogP contribution in [0.4, 0.5) is 0 Å². The van der Waals surface area contributed by atoms with Crippen molar-refractivity contribution in [1.82, 2.24) is 0 Å². The average molecular weight is 242 g/mol. The third kappa shape index (κ3) is 11.7. The Bertz CT molecular complexity index is 178. The lowest BCUT2D eigenvalue weighted by molar-refractivity contribution is -0.148. The summed E-state index contributed by atoms with van der Waals surface area (Å²) < 4.78 is 5.22. The Kier molecular flexibility index (Phi) is 11.6. The van der Waals surface area contributed by atoms with E-state index in [1.54, 1.807) is 0 Å². The van der Waals surface area contributed by atoms with Crippen molar-refractivity contribution in [3.8, 4) is 0 Å². The lowest BCUT2D eigenvalue weighted by Crippen LogP contribution is -2.13. The molecule has 17 heavy (non-hydrogen) atoms. The van der Waals surface area contributed by atoms with E-state index in [0.717, 1.165) is 12.8 Å². The quantitative estimate of drug-likeness (QED) is 0.382. The standard InChI is InChI=1S/C15H30O2/c1-4-6-7-8-9-10-11-12-13-15(16)17-14(3)5-2/h14H,4-13H2,1-3H3/t14-/m0/s1. The molecule has 0 unspecified atom stereocenters. The summed E-state index contributed by atoms with van der Waals surface area (Å²) >= 11 is 0. The van der Waals surface area contributed by atoms with Gasteiger partial charge in [0.1, 0.15) is 0 Å². The van der Waals surface area contributed by atoms with Gasteiger partial charge in [-0.2, -0.15) is 0 Å². The lowest BCUT2D eigenvalue weighted by Gasteiger charge is -2.10. The topological polar surface area (TPSA) is 26.3 Å². The van der Waals surface area contributed by atoms with Gasteiger partial charge in [-0.1, -0.05) is 58.8 Å². The van der Waals surface area contributed by atoms with Crippen molar-refractivity contribution in [3.63, 3.8) is 0 Å². The van der Waals surface area contributed by atoms with Crippen LogP contribution in [0.25, 0.3) is 0 Å². The van der Waals surface area contributed by atoms with Crippen molar-refractivity contribution >= 4 is 5.97 Å². The van der Waals surface area contributed by atoms with Gasteiger partial charge in [0.2, 0.25) is 0 Å². The molecule has 0 spiro atoms. The van der Waals surface area contributed by atoms with Crippen molar-refractivity contribution in [2.75, 3.05) is 0 Å². The Labute approximate surface area is 107 Å². The van der Waals surface area contributed by atoms with E-state index in [1.165, 1.54) is 44.9 Å². The molecule has 0 radical (unpaired) electrons. The molecular formula is C15H30O2. The fraction of sp³-hybridized carbons (Fsp3) is 0.933. The smallest absolute Gasteiger partial charge is 0.306 e. The van der Waals surface area contributed by atoms with Crippen LogP contribution in [0.1, 0.15) is 85.0 Å². The summed E-state index contributed by atoms with van der Waals surface area (Å²) in [5.74, 6) is -0.0228. The molecular weight excluding hydrogens is 212 g/mol. The Morgan fingerprint density at radius 1 is 0.941 bits per heavy atom. The predicted molar refractivity (Wildman–Crippen MR) is 73.1 cm³/mol. The summed E-state index contributed by atoms with van der Waals surface area (Å²) in [6.07, 6.45) is 11.7. The van der Waals surface area contributed by atoms with Gasteiger partial charge in [0.05, 0.1) is 6.10 Å². The van der Waals surface area contributed by atoms with E-state index in [-0.39, 0.29) is 12.1 Å². The number of unbranched alkanes of at least 4 members (excludes halogenated alkanes) is 7. The second-order valence-electron chi connectivity index (χ2n) is 4.93. The Hall–Kier alpha value is -0.530. The first-order valence-electron chi connectivity index (χ1n) is 7.40. The molecule has 2 heteroatoms. The largest absolute Gasteiger partial charge is 0.463 e. The first-order chi connectivity index (χ1) is 8.20. The summed E-state index contributed by atoms with van der Waals surface area (Å²) in [4.78, 5) is 11.4. The Balaban J connectivity index is 3.19. The summed E-state index contributed by atoms with van der Waals surface area (Å²) in [5, 5.41) is 0. The van der Waals surface area contributed by atoms with Gasteiger partial charge in [0, 0.05) is 6.42 Å². The molecule has 0 aromatic heterocycles. The average Bonchev–Trinajstić information content (AvgIpc) is 2.32. The molecule has 0 aromatic rings. The van der Waals surface area contributed by atoms with E-state index in [2.05, 4.69) is 6.92 Å². The second-order valence-corrected chi connectivity index (χ2v) is 4.93. The molecule has 0 saturated carbocycles. The third-order valence-electron chi connectivity index (χ3n) is 3.14. The highest BCUT2D eigenvalue weighted by Gasteiger charge is 2.06. The van der Waals surface area contributed by atoms with E-state index in [1.807, 2.05) is 13.8 Å². The van der Waals surface area contributed by atoms with Crippen molar-refractivity contribution in [2.45, 2.75) is 91.1 Å². The van der Waals surface area contributed by atoms with Crippen LogP contribution in [0.5, 0.6) is 0 Å². The summed E-state index contributed by atoms with van der Waals surface area (Å²) in [6.45, 7) is 6.22. The molecule has 0 aliphatic carbocycles. The Morgan fingerprint density at radius 3 is 2.00 bits per heavy atom. The number of hydrogen-bond acceptors (Lipinski definition) is 2. The first kappa shape index (κ1) is 16.5. The van der Waals surface area contributed by atoms with Crippen LogP contribution < -0.4 is 0 Å². The second kappa shape index (κ2) is 11.9. The van der Waals surface area contributed by atoms with Gasteiger partial charge in [-0.15, -0.1) is 0 Å². The van der Waals surface area contributed by atoms with E-state index in [4.69, 9.17) is 4.74 Å². The molecule has 0 N–H and O–H groups in total. The van der Waals surface area contributed by atoms with Gasteiger partial charge in [-0.05, 0) is 19.8 Å². The maximum absolute atomic E-state index is 11.4. The zero-order valence-corrected chi connectivity index (χ0v) is 12.0. The molecule has 0 bridgehead atoms. The zero-order valence-electron chi connectivity index (χ0n) is 12.0. The number of rotatable bonds is 11. The van der Waals surface area contributed by atoms with Gasteiger partial charge in [0.15, 0.2) is 0 Å². The highest BCUT2D eigenvalue weighted by molar-refractivity contribution is 5.69. The zero-order chi connectivity index (χ0) is 12.9. The molecule has 2 nitrogen and oxygen atoms in total. The van der Waals surface area contributed by atoms with Gasteiger partial charge >= 0.3 is 5.97 Å². The molecule has 0 aromatic carbocycles. The molecule has 0 fully saturated rings. The maximum atomic E-state index is 11.4. The lowest BCUT2D eigenvalue weighted by atomic mass is 10.1. The van der Waals surface area contributed by atoms with Gasteiger partial charge in [0.25, 0.3) is 0 Å². The molecule has 0 rings (SSSR count). The van der Waals surface area contributed by atoms with Crippen LogP contribution in [-0.2, 0) is 9.53 Å². The molecule has 0 heterocycles. The fourth-order valence-corrected chi connectivity index (χ4v) is 1.77.